The lowest BCUT2D eigenvalue weighted by Crippen LogP contribution is -2.13. The Morgan fingerprint density at radius 2 is 1.59 bits per heavy atom. The molecule has 0 atom stereocenters. The molecule has 0 unspecified atom stereocenters. The molecule has 0 saturated heterocycles. The summed E-state index contributed by atoms with van der Waals surface area (Å²) in [5, 5.41) is 1.22. The SMILES string of the molecule is O=CN(c1ccc(Cl)cc1)c1cccc(Cl)c1. The first kappa shape index (κ1) is 12.0. The minimum atomic E-state index is 0.586. The van der Waals surface area contributed by atoms with Crippen molar-refractivity contribution in [2.75, 3.05) is 4.90 Å². The van der Waals surface area contributed by atoms with Crippen molar-refractivity contribution in [2.45, 2.75) is 0 Å². The fourth-order valence-corrected chi connectivity index (χ4v) is 1.81. The molecule has 0 aliphatic heterocycles. The van der Waals surface area contributed by atoms with Gasteiger partial charge in [-0.05, 0) is 42.5 Å². The molecule has 86 valence electrons. The zero-order valence-corrected chi connectivity index (χ0v) is 10.3. The molecule has 0 bridgehead atoms. The highest BCUT2D eigenvalue weighted by molar-refractivity contribution is 6.31. The Balaban J connectivity index is 2.40. The van der Waals surface area contributed by atoms with Crippen molar-refractivity contribution in [1.82, 2.24) is 0 Å². The molecule has 2 aromatic rings. The van der Waals surface area contributed by atoms with Gasteiger partial charge in [0.1, 0.15) is 0 Å². The topological polar surface area (TPSA) is 20.3 Å². The van der Waals surface area contributed by atoms with E-state index in [9.17, 15) is 4.79 Å². The van der Waals surface area contributed by atoms with Crippen molar-refractivity contribution in [1.29, 1.82) is 0 Å². The third kappa shape index (κ3) is 2.78. The zero-order chi connectivity index (χ0) is 12.3. The van der Waals surface area contributed by atoms with Crippen molar-refractivity contribution in [2.24, 2.45) is 0 Å². The molecular weight excluding hydrogens is 257 g/mol. The largest absolute Gasteiger partial charge is 0.284 e. The summed E-state index contributed by atoms with van der Waals surface area (Å²) < 4.78 is 0. The van der Waals surface area contributed by atoms with Crippen molar-refractivity contribution in [3.05, 3.63) is 58.6 Å². The Morgan fingerprint density at radius 1 is 0.882 bits per heavy atom. The Hall–Kier alpha value is -1.51. The second-order valence-corrected chi connectivity index (χ2v) is 4.30. The van der Waals surface area contributed by atoms with Crippen LogP contribution < -0.4 is 4.90 Å². The highest BCUT2D eigenvalue weighted by atomic mass is 35.5. The molecule has 0 aromatic heterocycles. The van der Waals surface area contributed by atoms with Crippen LogP contribution in [0.2, 0.25) is 10.0 Å². The average Bonchev–Trinajstić information content (AvgIpc) is 2.33. The van der Waals surface area contributed by atoms with E-state index in [1.807, 2.05) is 6.07 Å². The minimum Gasteiger partial charge on any atom is -0.284 e. The highest BCUT2D eigenvalue weighted by Crippen LogP contribution is 2.26. The van der Waals surface area contributed by atoms with E-state index in [0.717, 1.165) is 17.8 Å². The van der Waals surface area contributed by atoms with Crippen molar-refractivity contribution in [3.63, 3.8) is 0 Å². The quantitative estimate of drug-likeness (QED) is 0.759. The Labute approximate surface area is 109 Å². The summed E-state index contributed by atoms with van der Waals surface area (Å²) in [6.45, 7) is 0. The first-order chi connectivity index (χ1) is 8.20. The number of rotatable bonds is 3. The van der Waals surface area contributed by atoms with Gasteiger partial charge in [-0.2, -0.15) is 0 Å². The van der Waals surface area contributed by atoms with Gasteiger partial charge in [-0.15, -0.1) is 0 Å². The number of nitrogens with zero attached hydrogens (tertiary/aromatic N) is 1. The Kier molecular flexibility index (Phi) is 3.67. The summed E-state index contributed by atoms with van der Waals surface area (Å²) in [7, 11) is 0. The second kappa shape index (κ2) is 5.21. The van der Waals surface area contributed by atoms with Gasteiger partial charge in [0.05, 0.1) is 5.69 Å². The molecule has 0 aliphatic carbocycles. The van der Waals surface area contributed by atoms with Crippen molar-refractivity contribution in [3.8, 4) is 0 Å². The first-order valence-corrected chi connectivity index (χ1v) is 5.72. The van der Waals surface area contributed by atoms with Crippen LogP contribution in [0, 0.1) is 0 Å². The van der Waals surface area contributed by atoms with Gasteiger partial charge >= 0.3 is 0 Å². The molecule has 4 heteroatoms. The van der Waals surface area contributed by atoms with Crippen LogP contribution in [-0.2, 0) is 4.79 Å². The summed E-state index contributed by atoms with van der Waals surface area (Å²) in [4.78, 5) is 12.7. The van der Waals surface area contributed by atoms with Gasteiger partial charge in [-0.3, -0.25) is 9.69 Å². The number of halogens is 2. The molecule has 0 N–H and O–H groups in total. The smallest absolute Gasteiger partial charge is 0.218 e. The second-order valence-electron chi connectivity index (χ2n) is 3.43. The summed E-state index contributed by atoms with van der Waals surface area (Å²) >= 11 is 11.7. The number of hydrogen-bond acceptors (Lipinski definition) is 1. The van der Waals surface area contributed by atoms with Crippen molar-refractivity contribution < 1.29 is 4.79 Å². The van der Waals surface area contributed by atoms with Crippen LogP contribution in [0.5, 0.6) is 0 Å². The molecule has 2 aromatic carbocycles. The third-order valence-electron chi connectivity index (χ3n) is 2.30. The van der Waals surface area contributed by atoms with E-state index in [0.29, 0.717) is 10.0 Å². The predicted molar refractivity (Wildman–Crippen MR) is 71.1 cm³/mol. The lowest BCUT2D eigenvalue weighted by atomic mass is 10.2. The fraction of sp³-hybridized carbons (Fsp3) is 0. The number of amides is 1. The molecule has 1 amide bonds. The van der Waals surface area contributed by atoms with Gasteiger partial charge in [0, 0.05) is 15.7 Å². The van der Waals surface area contributed by atoms with E-state index in [1.54, 1.807) is 42.5 Å². The van der Waals surface area contributed by atoms with E-state index in [2.05, 4.69) is 0 Å². The molecule has 2 rings (SSSR count). The maximum Gasteiger partial charge on any atom is 0.218 e. The van der Waals surface area contributed by atoms with Gasteiger partial charge in [-0.25, -0.2) is 0 Å². The van der Waals surface area contributed by atoms with Crippen LogP contribution in [-0.4, -0.2) is 6.41 Å². The summed E-state index contributed by atoms with van der Waals surface area (Å²) in [6.07, 6.45) is 0.745. The van der Waals surface area contributed by atoms with E-state index in [4.69, 9.17) is 23.2 Å². The molecule has 0 aliphatic rings. The third-order valence-corrected chi connectivity index (χ3v) is 2.78. The van der Waals surface area contributed by atoms with Crippen LogP contribution in [0.25, 0.3) is 0 Å². The van der Waals surface area contributed by atoms with E-state index < -0.39 is 0 Å². The number of carbonyl (C=O) groups is 1. The first-order valence-electron chi connectivity index (χ1n) is 4.96. The number of anilines is 2. The molecule has 0 radical (unpaired) electrons. The summed E-state index contributed by atoms with van der Waals surface area (Å²) in [5.74, 6) is 0. The predicted octanol–water partition coefficient (Wildman–Crippen LogP) is 4.29. The van der Waals surface area contributed by atoms with Gasteiger partial charge < -0.3 is 0 Å². The lowest BCUT2D eigenvalue weighted by Gasteiger charge is -2.17. The normalized spacial score (nSPS) is 10.0. The molecular formula is C13H9Cl2NO. The molecule has 0 saturated carbocycles. The van der Waals surface area contributed by atoms with Crippen LogP contribution >= 0.6 is 23.2 Å². The molecule has 0 spiro atoms. The molecule has 0 fully saturated rings. The fourth-order valence-electron chi connectivity index (χ4n) is 1.50. The van der Waals surface area contributed by atoms with Crippen molar-refractivity contribution >= 4 is 41.0 Å². The average molecular weight is 266 g/mol. The maximum absolute atomic E-state index is 11.2. The Bertz CT molecular complexity index is 525. The Morgan fingerprint density at radius 3 is 2.18 bits per heavy atom. The van der Waals surface area contributed by atoms with Crippen LogP contribution in [0.1, 0.15) is 0 Å². The number of benzene rings is 2. The number of carbonyl (C=O) groups excluding carboxylic acids is 1. The molecule has 0 heterocycles. The van der Waals surface area contributed by atoms with Crippen LogP contribution in [0.4, 0.5) is 11.4 Å². The van der Waals surface area contributed by atoms with E-state index >= 15 is 0 Å². The van der Waals surface area contributed by atoms with Gasteiger partial charge in [0.2, 0.25) is 6.41 Å². The standard InChI is InChI=1S/C13H9Cl2NO/c14-10-4-6-12(7-5-10)16(9-17)13-3-1-2-11(15)8-13/h1-9H. The monoisotopic (exact) mass is 265 g/mol. The summed E-state index contributed by atoms with van der Waals surface area (Å²) in [5.41, 5.74) is 1.46. The van der Waals surface area contributed by atoms with E-state index in [-0.39, 0.29) is 0 Å². The zero-order valence-electron chi connectivity index (χ0n) is 8.81. The highest BCUT2D eigenvalue weighted by Gasteiger charge is 2.08. The van der Waals surface area contributed by atoms with Crippen LogP contribution in [0.3, 0.4) is 0 Å². The molecule has 17 heavy (non-hydrogen) atoms. The molecule has 2 nitrogen and oxygen atoms in total. The van der Waals surface area contributed by atoms with Gasteiger partial charge in [0.25, 0.3) is 0 Å². The van der Waals surface area contributed by atoms with Crippen LogP contribution in [0.15, 0.2) is 48.5 Å². The van der Waals surface area contributed by atoms with Gasteiger partial charge in [0.15, 0.2) is 0 Å². The maximum atomic E-state index is 11.2. The minimum absolute atomic E-state index is 0.586. The van der Waals surface area contributed by atoms with Gasteiger partial charge in [-0.1, -0.05) is 29.3 Å². The number of hydrogen-bond donors (Lipinski definition) is 0. The summed E-state index contributed by atoms with van der Waals surface area (Å²) in [6, 6.07) is 14.1. The van der Waals surface area contributed by atoms with E-state index in [1.165, 1.54) is 4.90 Å². The lowest BCUT2D eigenvalue weighted by molar-refractivity contribution is -0.106.